The lowest BCUT2D eigenvalue weighted by Gasteiger charge is -2.29. The van der Waals surface area contributed by atoms with Crippen LogP contribution in [0, 0.1) is 5.92 Å². The molecule has 1 aromatic heterocycles. The molecule has 0 aliphatic carbocycles. The molecule has 1 aliphatic heterocycles. The number of aryl methyl sites for hydroxylation is 1. The molecule has 0 saturated carbocycles. The molecule has 0 radical (unpaired) electrons. The van der Waals surface area contributed by atoms with Crippen LogP contribution >= 0.6 is 0 Å². The summed E-state index contributed by atoms with van der Waals surface area (Å²) in [7, 11) is 2.17. The van der Waals surface area contributed by atoms with Gasteiger partial charge < -0.3 is 10.2 Å². The lowest BCUT2D eigenvalue weighted by molar-refractivity contribution is -0.121. The Bertz CT molecular complexity index is 666. The second-order valence-corrected chi connectivity index (χ2v) is 6.94. The Kier molecular flexibility index (Phi) is 5.86. The third-order valence-corrected chi connectivity index (χ3v) is 4.92. The van der Waals surface area contributed by atoms with Crippen molar-refractivity contribution in [2.75, 3.05) is 26.7 Å². The maximum atomic E-state index is 12.0. The van der Waals surface area contributed by atoms with E-state index in [9.17, 15) is 4.79 Å². The van der Waals surface area contributed by atoms with Gasteiger partial charge in [-0.3, -0.25) is 9.48 Å². The van der Waals surface area contributed by atoms with E-state index >= 15 is 0 Å². The first-order chi connectivity index (χ1) is 11.7. The van der Waals surface area contributed by atoms with Gasteiger partial charge in [-0.15, -0.1) is 0 Å². The standard InChI is InChI=1S/C19H28N4O/c1-22-12-4-6-16(15-22)9-10-19(24)20-11-5-13-23-18-8-3-2-7-17(18)14-21-23/h2-3,7-8,14,16H,4-6,9-13,15H2,1H3,(H,20,24). The van der Waals surface area contributed by atoms with Gasteiger partial charge in [0.1, 0.15) is 0 Å². The molecule has 0 spiro atoms. The van der Waals surface area contributed by atoms with Gasteiger partial charge in [0, 0.05) is 31.4 Å². The maximum absolute atomic E-state index is 12.0. The number of likely N-dealkylation sites (tertiary alicyclic amines) is 1. The van der Waals surface area contributed by atoms with Gasteiger partial charge in [0.2, 0.25) is 5.91 Å². The molecule has 1 fully saturated rings. The van der Waals surface area contributed by atoms with E-state index in [2.05, 4.69) is 34.5 Å². The molecule has 24 heavy (non-hydrogen) atoms. The van der Waals surface area contributed by atoms with Crippen molar-refractivity contribution in [1.82, 2.24) is 20.0 Å². The molecular weight excluding hydrogens is 300 g/mol. The van der Waals surface area contributed by atoms with Gasteiger partial charge in [-0.2, -0.15) is 5.10 Å². The Labute approximate surface area is 144 Å². The van der Waals surface area contributed by atoms with Crippen molar-refractivity contribution in [1.29, 1.82) is 0 Å². The first-order valence-electron chi connectivity index (χ1n) is 9.08. The molecule has 2 aromatic rings. The zero-order valence-corrected chi connectivity index (χ0v) is 14.6. The number of carbonyl (C=O) groups is 1. The fourth-order valence-corrected chi connectivity index (χ4v) is 3.59. The molecule has 1 N–H and O–H groups in total. The van der Waals surface area contributed by atoms with E-state index in [1.165, 1.54) is 24.8 Å². The fourth-order valence-electron chi connectivity index (χ4n) is 3.59. The average Bonchev–Trinajstić information content (AvgIpc) is 3.00. The quantitative estimate of drug-likeness (QED) is 0.795. The van der Waals surface area contributed by atoms with Crippen molar-refractivity contribution in [2.24, 2.45) is 5.92 Å². The molecule has 1 saturated heterocycles. The second kappa shape index (κ2) is 8.29. The number of nitrogens with one attached hydrogen (secondary N) is 1. The SMILES string of the molecule is CN1CCCC(CCC(=O)NCCCn2ncc3ccccc32)C1. The summed E-state index contributed by atoms with van der Waals surface area (Å²) in [6.07, 6.45) is 7.01. The van der Waals surface area contributed by atoms with Gasteiger partial charge in [0.25, 0.3) is 0 Å². The molecule has 3 rings (SSSR count). The summed E-state index contributed by atoms with van der Waals surface area (Å²) in [6.45, 7) is 3.89. The van der Waals surface area contributed by atoms with E-state index in [1.807, 2.05) is 23.0 Å². The Balaban J connectivity index is 1.33. The first-order valence-corrected chi connectivity index (χ1v) is 9.08. The predicted molar refractivity (Wildman–Crippen MR) is 96.8 cm³/mol. The summed E-state index contributed by atoms with van der Waals surface area (Å²) in [5.41, 5.74) is 1.16. The number of aromatic nitrogens is 2. The van der Waals surface area contributed by atoms with Crippen LogP contribution in [0.25, 0.3) is 10.9 Å². The Morgan fingerprint density at radius 1 is 1.38 bits per heavy atom. The van der Waals surface area contributed by atoms with Gasteiger partial charge in [0.05, 0.1) is 11.7 Å². The average molecular weight is 328 g/mol. The minimum absolute atomic E-state index is 0.188. The third-order valence-electron chi connectivity index (χ3n) is 4.92. The van der Waals surface area contributed by atoms with E-state index in [0.29, 0.717) is 12.3 Å². The van der Waals surface area contributed by atoms with Crippen LogP contribution in [0.2, 0.25) is 0 Å². The van der Waals surface area contributed by atoms with Crippen LogP contribution in [0.4, 0.5) is 0 Å². The minimum atomic E-state index is 0.188. The van der Waals surface area contributed by atoms with Crippen LogP contribution in [0.3, 0.4) is 0 Å². The lowest BCUT2D eigenvalue weighted by atomic mass is 9.93. The fraction of sp³-hybridized carbons (Fsp3) is 0.579. The molecule has 1 atom stereocenters. The summed E-state index contributed by atoms with van der Waals surface area (Å²) in [6, 6.07) is 8.22. The van der Waals surface area contributed by atoms with E-state index in [1.54, 1.807) is 0 Å². The number of rotatable bonds is 7. The van der Waals surface area contributed by atoms with Crippen molar-refractivity contribution in [3.05, 3.63) is 30.5 Å². The molecule has 1 aromatic carbocycles. The van der Waals surface area contributed by atoms with Crippen LogP contribution in [0.5, 0.6) is 0 Å². The van der Waals surface area contributed by atoms with Crippen LogP contribution in [0.15, 0.2) is 30.5 Å². The van der Waals surface area contributed by atoms with Gasteiger partial charge in [-0.05, 0) is 51.3 Å². The third kappa shape index (κ3) is 4.57. The first kappa shape index (κ1) is 17.0. The Morgan fingerprint density at radius 3 is 3.12 bits per heavy atom. The number of carbonyl (C=O) groups excluding carboxylic acids is 1. The number of amides is 1. The summed E-state index contributed by atoms with van der Waals surface area (Å²) in [5.74, 6) is 0.874. The maximum Gasteiger partial charge on any atom is 0.220 e. The van der Waals surface area contributed by atoms with Crippen molar-refractivity contribution < 1.29 is 4.79 Å². The Morgan fingerprint density at radius 2 is 2.25 bits per heavy atom. The van der Waals surface area contributed by atoms with Gasteiger partial charge in [0.15, 0.2) is 0 Å². The highest BCUT2D eigenvalue weighted by Crippen LogP contribution is 2.19. The number of benzene rings is 1. The summed E-state index contributed by atoms with van der Waals surface area (Å²) < 4.78 is 2.01. The number of hydrogen-bond acceptors (Lipinski definition) is 3. The molecular formula is C19H28N4O. The molecule has 1 aliphatic rings. The number of hydrogen-bond donors (Lipinski definition) is 1. The van der Waals surface area contributed by atoms with E-state index < -0.39 is 0 Å². The topological polar surface area (TPSA) is 50.2 Å². The molecule has 1 unspecified atom stereocenters. The normalized spacial score (nSPS) is 18.8. The zero-order valence-electron chi connectivity index (χ0n) is 14.6. The van der Waals surface area contributed by atoms with Gasteiger partial charge in [-0.1, -0.05) is 18.2 Å². The van der Waals surface area contributed by atoms with Gasteiger partial charge >= 0.3 is 0 Å². The van der Waals surface area contributed by atoms with E-state index in [-0.39, 0.29) is 5.91 Å². The number of fused-ring (bicyclic) bond motifs is 1. The van der Waals surface area contributed by atoms with Crippen LogP contribution in [-0.2, 0) is 11.3 Å². The van der Waals surface area contributed by atoms with E-state index in [0.717, 1.165) is 38.0 Å². The molecule has 5 heteroatoms. The summed E-state index contributed by atoms with van der Waals surface area (Å²) >= 11 is 0. The smallest absolute Gasteiger partial charge is 0.220 e. The Hall–Kier alpha value is -1.88. The minimum Gasteiger partial charge on any atom is -0.356 e. The molecule has 130 valence electrons. The number of para-hydroxylation sites is 1. The molecule has 2 heterocycles. The predicted octanol–water partition coefficient (Wildman–Crippen LogP) is 2.66. The van der Waals surface area contributed by atoms with Crippen molar-refractivity contribution in [2.45, 2.75) is 38.6 Å². The highest BCUT2D eigenvalue weighted by atomic mass is 16.1. The zero-order chi connectivity index (χ0) is 16.8. The number of piperidine rings is 1. The van der Waals surface area contributed by atoms with Gasteiger partial charge in [-0.25, -0.2) is 0 Å². The summed E-state index contributed by atoms with van der Waals surface area (Å²) in [4.78, 5) is 14.4. The van der Waals surface area contributed by atoms with Crippen LogP contribution in [-0.4, -0.2) is 47.3 Å². The molecule has 5 nitrogen and oxygen atoms in total. The molecule has 0 bridgehead atoms. The summed E-state index contributed by atoms with van der Waals surface area (Å²) in [5, 5.41) is 8.63. The monoisotopic (exact) mass is 328 g/mol. The highest BCUT2D eigenvalue weighted by molar-refractivity contribution is 5.78. The molecule has 1 amide bonds. The van der Waals surface area contributed by atoms with Crippen LogP contribution < -0.4 is 5.32 Å². The van der Waals surface area contributed by atoms with Crippen LogP contribution in [0.1, 0.15) is 32.1 Å². The number of nitrogens with zero attached hydrogens (tertiary/aromatic N) is 3. The lowest BCUT2D eigenvalue weighted by Crippen LogP contribution is -2.33. The van der Waals surface area contributed by atoms with E-state index in [4.69, 9.17) is 0 Å². The van der Waals surface area contributed by atoms with Crippen molar-refractivity contribution in [3.8, 4) is 0 Å². The highest BCUT2D eigenvalue weighted by Gasteiger charge is 2.17. The largest absolute Gasteiger partial charge is 0.356 e. The van der Waals surface area contributed by atoms with Crippen molar-refractivity contribution in [3.63, 3.8) is 0 Å². The second-order valence-electron chi connectivity index (χ2n) is 6.94. The van der Waals surface area contributed by atoms with Crippen molar-refractivity contribution >= 4 is 16.8 Å².